The van der Waals surface area contributed by atoms with Gasteiger partial charge in [0, 0.05) is 11.1 Å². The van der Waals surface area contributed by atoms with Gasteiger partial charge in [0.25, 0.3) is 5.91 Å². The third kappa shape index (κ3) is 2.91. The highest BCUT2D eigenvalue weighted by Crippen LogP contribution is 2.04. The van der Waals surface area contributed by atoms with Crippen LogP contribution in [0.3, 0.4) is 0 Å². The summed E-state index contributed by atoms with van der Waals surface area (Å²) in [5, 5.41) is 2.36. The van der Waals surface area contributed by atoms with Gasteiger partial charge in [-0.2, -0.15) is 0 Å². The molecule has 0 fully saturated rings. The summed E-state index contributed by atoms with van der Waals surface area (Å²) < 4.78 is 0. The molecule has 0 aliphatic heterocycles. The zero-order chi connectivity index (χ0) is 11.3. The predicted octanol–water partition coefficient (Wildman–Crippen LogP) is -0.286. The van der Waals surface area contributed by atoms with E-state index in [-0.39, 0.29) is 12.1 Å². The summed E-state index contributed by atoms with van der Waals surface area (Å²) >= 11 is 0. The molecule has 0 spiro atoms. The Morgan fingerprint density at radius 2 is 2.00 bits per heavy atom. The van der Waals surface area contributed by atoms with E-state index >= 15 is 0 Å². The number of nitrogens with one attached hydrogen (secondary N) is 1. The molecule has 0 aliphatic rings. The van der Waals surface area contributed by atoms with Crippen molar-refractivity contribution in [2.75, 3.05) is 6.54 Å². The molecule has 0 aromatic heterocycles. The Balaban J connectivity index is 2.85. The van der Waals surface area contributed by atoms with E-state index in [0.717, 1.165) is 0 Å². The number of hydrogen-bond acceptors (Lipinski definition) is 3. The van der Waals surface area contributed by atoms with Gasteiger partial charge >= 0.3 is 0 Å². The van der Waals surface area contributed by atoms with Gasteiger partial charge in [-0.15, -0.1) is 0 Å². The minimum Gasteiger partial charge on any atom is -0.366 e. The molecule has 0 aliphatic carbocycles. The predicted molar refractivity (Wildman–Crippen MR) is 53.4 cm³/mol. The van der Waals surface area contributed by atoms with Crippen molar-refractivity contribution in [2.45, 2.75) is 0 Å². The van der Waals surface area contributed by atoms with Crippen LogP contribution in [0.15, 0.2) is 24.3 Å². The van der Waals surface area contributed by atoms with E-state index in [1.807, 2.05) is 0 Å². The van der Waals surface area contributed by atoms with Crippen molar-refractivity contribution in [2.24, 2.45) is 5.73 Å². The van der Waals surface area contributed by atoms with Gasteiger partial charge in [-0.1, -0.05) is 6.07 Å². The van der Waals surface area contributed by atoms with Crippen LogP contribution in [0.4, 0.5) is 0 Å². The summed E-state index contributed by atoms with van der Waals surface area (Å²) in [4.78, 5) is 32.2. The van der Waals surface area contributed by atoms with Crippen molar-refractivity contribution in [3.63, 3.8) is 0 Å². The highest BCUT2D eigenvalue weighted by molar-refractivity contribution is 5.99. The Morgan fingerprint density at radius 1 is 1.33 bits per heavy atom. The maximum absolute atomic E-state index is 11.4. The largest absolute Gasteiger partial charge is 0.366 e. The minimum atomic E-state index is -0.597. The molecule has 78 valence electrons. The van der Waals surface area contributed by atoms with Crippen LogP contribution in [-0.2, 0) is 4.79 Å². The quantitative estimate of drug-likeness (QED) is 0.663. The molecule has 15 heavy (non-hydrogen) atoms. The van der Waals surface area contributed by atoms with Crippen LogP contribution in [0.2, 0.25) is 0 Å². The zero-order valence-corrected chi connectivity index (χ0v) is 7.90. The Kier molecular flexibility index (Phi) is 3.56. The van der Waals surface area contributed by atoms with Crippen molar-refractivity contribution < 1.29 is 14.4 Å². The number of hydrogen-bond donors (Lipinski definition) is 2. The Morgan fingerprint density at radius 3 is 2.60 bits per heavy atom. The number of nitrogens with two attached hydrogens (primary N) is 1. The fourth-order valence-corrected chi connectivity index (χ4v) is 1.05. The van der Waals surface area contributed by atoms with E-state index in [4.69, 9.17) is 5.73 Å². The van der Waals surface area contributed by atoms with Crippen molar-refractivity contribution in [3.8, 4) is 0 Å². The van der Waals surface area contributed by atoms with Crippen molar-refractivity contribution in [1.29, 1.82) is 0 Å². The van der Waals surface area contributed by atoms with Crippen LogP contribution in [0.1, 0.15) is 20.7 Å². The van der Waals surface area contributed by atoms with Crippen LogP contribution >= 0.6 is 0 Å². The molecule has 0 saturated carbocycles. The summed E-state index contributed by atoms with van der Waals surface area (Å²) in [6.07, 6.45) is 0.579. The first kappa shape index (κ1) is 10.9. The van der Waals surface area contributed by atoms with Gasteiger partial charge in [0.1, 0.15) is 6.29 Å². The van der Waals surface area contributed by atoms with E-state index in [9.17, 15) is 14.4 Å². The van der Waals surface area contributed by atoms with Crippen LogP contribution in [0.25, 0.3) is 0 Å². The molecular formula is C10H10N2O3. The second kappa shape index (κ2) is 4.90. The maximum Gasteiger partial charge on any atom is 0.251 e. The number of carbonyl (C=O) groups excluding carboxylic acids is 3. The average molecular weight is 206 g/mol. The monoisotopic (exact) mass is 206 g/mol. The van der Waals surface area contributed by atoms with Gasteiger partial charge < -0.3 is 15.8 Å². The molecule has 5 nitrogen and oxygen atoms in total. The van der Waals surface area contributed by atoms with Crippen molar-refractivity contribution in [3.05, 3.63) is 35.4 Å². The first-order valence-corrected chi connectivity index (χ1v) is 4.27. The molecule has 1 aromatic rings. The first-order valence-electron chi connectivity index (χ1n) is 4.27. The van der Waals surface area contributed by atoms with Gasteiger partial charge in [-0.25, -0.2) is 0 Å². The molecule has 0 bridgehead atoms. The van der Waals surface area contributed by atoms with E-state index < -0.39 is 11.8 Å². The molecule has 0 radical (unpaired) electrons. The maximum atomic E-state index is 11.4. The summed E-state index contributed by atoms with van der Waals surface area (Å²) in [6.45, 7) is -0.0559. The lowest BCUT2D eigenvalue weighted by molar-refractivity contribution is -0.107. The molecular weight excluding hydrogens is 196 g/mol. The second-order valence-corrected chi connectivity index (χ2v) is 2.82. The third-order valence-electron chi connectivity index (χ3n) is 1.76. The number of carbonyl (C=O) groups is 3. The molecule has 1 aromatic carbocycles. The number of amides is 2. The van der Waals surface area contributed by atoms with Crippen LogP contribution in [-0.4, -0.2) is 24.6 Å². The number of rotatable bonds is 4. The van der Waals surface area contributed by atoms with Crippen LogP contribution < -0.4 is 11.1 Å². The lowest BCUT2D eigenvalue weighted by Gasteiger charge is -2.02. The summed E-state index contributed by atoms with van der Waals surface area (Å²) in [5.74, 6) is -1.01. The average Bonchev–Trinajstić information content (AvgIpc) is 2.26. The molecule has 2 amide bonds. The van der Waals surface area contributed by atoms with E-state index in [1.165, 1.54) is 18.2 Å². The summed E-state index contributed by atoms with van der Waals surface area (Å²) in [5.41, 5.74) is 5.61. The van der Waals surface area contributed by atoms with Gasteiger partial charge in [0.2, 0.25) is 5.91 Å². The summed E-state index contributed by atoms with van der Waals surface area (Å²) in [7, 11) is 0. The Hall–Kier alpha value is -2.17. The number of benzene rings is 1. The number of aldehydes is 1. The van der Waals surface area contributed by atoms with E-state index in [2.05, 4.69) is 5.32 Å². The smallest absolute Gasteiger partial charge is 0.251 e. The Bertz CT molecular complexity index is 401. The first-order chi connectivity index (χ1) is 7.15. The van der Waals surface area contributed by atoms with Gasteiger partial charge in [-0.05, 0) is 18.2 Å². The van der Waals surface area contributed by atoms with Gasteiger partial charge in [0.15, 0.2) is 0 Å². The van der Waals surface area contributed by atoms with Crippen molar-refractivity contribution >= 4 is 18.1 Å². The molecule has 3 N–H and O–H groups in total. The molecule has 5 heteroatoms. The topological polar surface area (TPSA) is 89.3 Å². The summed E-state index contributed by atoms with van der Waals surface area (Å²) in [6, 6.07) is 5.98. The third-order valence-corrected chi connectivity index (χ3v) is 1.76. The molecule has 0 unspecified atom stereocenters. The van der Waals surface area contributed by atoms with Crippen molar-refractivity contribution in [1.82, 2.24) is 5.32 Å². The van der Waals surface area contributed by atoms with E-state index in [1.54, 1.807) is 6.07 Å². The standard InChI is InChI=1S/C10H10N2O3/c11-9(14)7-2-1-3-8(6-7)10(15)12-4-5-13/h1-3,5-6H,4H2,(H2,11,14)(H,12,15). The van der Waals surface area contributed by atoms with Crippen LogP contribution in [0, 0.1) is 0 Å². The zero-order valence-electron chi connectivity index (χ0n) is 7.90. The number of primary amides is 1. The van der Waals surface area contributed by atoms with Gasteiger partial charge in [-0.3, -0.25) is 9.59 Å². The molecule has 0 atom stereocenters. The lowest BCUT2D eigenvalue weighted by atomic mass is 10.1. The fraction of sp³-hybridized carbons (Fsp3) is 0.100. The fourth-order valence-electron chi connectivity index (χ4n) is 1.05. The second-order valence-electron chi connectivity index (χ2n) is 2.82. The van der Waals surface area contributed by atoms with Crippen LogP contribution in [0.5, 0.6) is 0 Å². The normalized spacial score (nSPS) is 9.33. The van der Waals surface area contributed by atoms with Gasteiger partial charge in [0.05, 0.1) is 6.54 Å². The molecule has 1 rings (SSSR count). The van der Waals surface area contributed by atoms with E-state index in [0.29, 0.717) is 11.8 Å². The minimum absolute atomic E-state index is 0.0559. The highest BCUT2D eigenvalue weighted by atomic mass is 16.2. The highest BCUT2D eigenvalue weighted by Gasteiger charge is 2.07. The Labute approximate surface area is 86.3 Å². The molecule has 0 saturated heterocycles. The SMILES string of the molecule is NC(=O)c1cccc(C(=O)NCC=O)c1. The lowest BCUT2D eigenvalue weighted by Crippen LogP contribution is -2.25. The molecule has 0 heterocycles.